The molecule has 2 aliphatic rings. The fourth-order valence-corrected chi connectivity index (χ4v) is 12.0. The average Bonchev–Trinajstić information content (AvgIpc) is 1.60. The lowest BCUT2D eigenvalue weighted by Gasteiger charge is -2.37. The predicted octanol–water partition coefficient (Wildman–Crippen LogP) is 10.2. The molecule has 2 heterocycles. The molecule has 0 saturated carbocycles. The SMILES string of the molecule is Cc1ccc([C@H](NC(=O)C2C[C@H](NC(=O)c3ccc(C(=O)N[C@H]4C[C@@H](C(=O)N[C@H](c5ccccc5)c5ccc(C)cc5)N(C(=O)[C@@H](NC(=O)[C@H](C)N(C)C(=O)OC(C)(C)C)C(C)(C)C)C4)cc3)CN2C(=O)[C@@H](CC(=O)[C@H](C)N(C)C(=O)OC(C)(C)C)C(C)(C)C)c2ccccc2)cc1. The molecule has 2 fully saturated rings. The van der Waals surface area contributed by atoms with E-state index >= 15 is 14.4 Å². The van der Waals surface area contributed by atoms with Crippen LogP contribution in [0.4, 0.5) is 9.59 Å². The van der Waals surface area contributed by atoms with Gasteiger partial charge in [-0.25, -0.2) is 9.59 Å². The number of hydrogen-bond acceptors (Lipinski definition) is 12. The van der Waals surface area contributed by atoms with Crippen LogP contribution in [0.15, 0.2) is 133 Å². The number of nitrogens with zero attached hydrogens (tertiary/aromatic N) is 4. The first kappa shape index (κ1) is 76.0. The van der Waals surface area contributed by atoms with Crippen LogP contribution < -0.4 is 26.6 Å². The lowest BCUT2D eigenvalue weighted by Crippen LogP contribution is -2.60. The van der Waals surface area contributed by atoms with Gasteiger partial charge in [-0.15, -0.1) is 0 Å². The summed E-state index contributed by atoms with van der Waals surface area (Å²) in [4.78, 5) is 149. The van der Waals surface area contributed by atoms with Gasteiger partial charge in [0.1, 0.15) is 35.4 Å². The Labute approximate surface area is 577 Å². The number of likely N-dealkylation sites (N-methyl/N-ethyl adjacent to an activating group) is 2. The molecule has 1 unspecified atom stereocenters. The summed E-state index contributed by atoms with van der Waals surface area (Å²) < 4.78 is 11.1. The molecule has 9 amide bonds. The molecule has 0 spiro atoms. The third-order valence-corrected chi connectivity index (χ3v) is 18.0. The van der Waals surface area contributed by atoms with Crippen molar-refractivity contribution in [3.63, 3.8) is 0 Å². The van der Waals surface area contributed by atoms with Crippen molar-refractivity contribution < 1.29 is 57.4 Å². The average molecular weight is 1340 g/mol. The lowest BCUT2D eigenvalue weighted by atomic mass is 9.76. The third kappa shape index (κ3) is 19.9. The Balaban J connectivity index is 1.13. The van der Waals surface area contributed by atoms with Crippen LogP contribution in [0.3, 0.4) is 0 Å². The Morgan fingerprint density at radius 2 is 0.827 bits per heavy atom. The van der Waals surface area contributed by atoms with Crippen LogP contribution in [-0.4, -0.2) is 160 Å². The monoisotopic (exact) mass is 1340 g/mol. The minimum Gasteiger partial charge on any atom is -0.444 e. The van der Waals surface area contributed by atoms with E-state index in [0.717, 1.165) is 38.3 Å². The Morgan fingerprint density at radius 3 is 1.18 bits per heavy atom. The van der Waals surface area contributed by atoms with Gasteiger partial charge in [0.2, 0.25) is 29.5 Å². The quantitative estimate of drug-likeness (QED) is 0.0460. The van der Waals surface area contributed by atoms with Crippen LogP contribution in [0.25, 0.3) is 0 Å². The second kappa shape index (κ2) is 31.4. The number of carbonyl (C=O) groups is 10. The topological polar surface area (TPSA) is 262 Å². The molecule has 7 rings (SSSR count). The van der Waals surface area contributed by atoms with Gasteiger partial charge in [-0.2, -0.15) is 0 Å². The van der Waals surface area contributed by atoms with Crippen molar-refractivity contribution in [3.05, 3.63) is 178 Å². The molecule has 2 aliphatic heterocycles. The van der Waals surface area contributed by atoms with E-state index in [1.54, 1.807) is 69.2 Å². The van der Waals surface area contributed by atoms with Crippen LogP contribution in [0.1, 0.15) is 182 Å². The smallest absolute Gasteiger partial charge is 0.410 e. The maximum Gasteiger partial charge on any atom is 0.410 e. The Kier molecular flexibility index (Phi) is 24.4. The van der Waals surface area contributed by atoms with Gasteiger partial charge in [0.05, 0.1) is 18.1 Å². The van der Waals surface area contributed by atoms with Gasteiger partial charge in [0.25, 0.3) is 11.8 Å². The number of benzene rings is 5. The van der Waals surface area contributed by atoms with Gasteiger partial charge in [0, 0.05) is 62.7 Å². The molecule has 5 aromatic rings. The Bertz CT molecular complexity index is 3430. The number of nitrogens with one attached hydrogen (secondary N) is 5. The largest absolute Gasteiger partial charge is 0.444 e. The third-order valence-electron chi connectivity index (χ3n) is 18.0. The summed E-state index contributed by atoms with van der Waals surface area (Å²) in [7, 11) is 2.90. The van der Waals surface area contributed by atoms with E-state index in [-0.39, 0.29) is 49.3 Å². The van der Waals surface area contributed by atoms with E-state index in [9.17, 15) is 33.6 Å². The number of likely N-dealkylation sites (tertiary alicyclic amines) is 2. The first-order valence-corrected chi connectivity index (χ1v) is 33.6. The van der Waals surface area contributed by atoms with Gasteiger partial charge < -0.3 is 50.8 Å². The first-order valence-electron chi connectivity index (χ1n) is 33.6. The molecule has 21 nitrogen and oxygen atoms in total. The van der Waals surface area contributed by atoms with Crippen molar-refractivity contribution in [1.82, 2.24) is 46.2 Å². The lowest BCUT2D eigenvalue weighted by molar-refractivity contribution is -0.146. The van der Waals surface area contributed by atoms with Crippen LogP contribution in [-0.2, 0) is 38.2 Å². The van der Waals surface area contributed by atoms with Gasteiger partial charge >= 0.3 is 12.2 Å². The minimum atomic E-state index is -1.21. The van der Waals surface area contributed by atoms with Gasteiger partial charge in [-0.1, -0.05) is 162 Å². The molecule has 0 aromatic heterocycles. The highest BCUT2D eigenvalue weighted by Gasteiger charge is 2.49. The fourth-order valence-electron chi connectivity index (χ4n) is 12.0. The van der Waals surface area contributed by atoms with Gasteiger partial charge in [-0.3, -0.25) is 43.3 Å². The minimum absolute atomic E-state index is 0.00797. The molecular weight excluding hydrogens is 1240 g/mol. The van der Waals surface area contributed by atoms with Crippen LogP contribution in [0.2, 0.25) is 0 Å². The summed E-state index contributed by atoms with van der Waals surface area (Å²) >= 11 is 0. The number of amides is 9. The van der Waals surface area contributed by atoms with E-state index in [1.165, 1.54) is 60.0 Å². The molecule has 0 aliphatic carbocycles. The maximum absolute atomic E-state index is 15.3. The highest BCUT2D eigenvalue weighted by molar-refractivity contribution is 6.00. The van der Waals surface area contributed by atoms with Gasteiger partial charge in [-0.05, 0) is 139 Å². The molecule has 5 aromatic carbocycles. The summed E-state index contributed by atoms with van der Waals surface area (Å²) in [5.74, 6) is -5.15. The zero-order valence-corrected chi connectivity index (χ0v) is 60.2. The standard InChI is InChI=1S/C77H101N9O12/c1-46-29-33-52(34-30-46)62(50-25-21-19-22-26-50)80-68(91)59-41-56(44-85(59)70(93)58(74(5,6)7)43-61(87)48(3)83(17)72(95)97-76(11,12)13)78-66(89)54-37-39-55(40-38-54)67(90)79-57-42-60(69(92)81-63(51-27-23-20-24-28-51)53-35-31-47(2)32-36-53)86(45-57)71(94)64(75(8,9)10)82-65(88)49(4)84(18)73(96)98-77(14,15)16/h19-40,48-49,56-60,62-64H,41-45H2,1-18H3,(H,78,89)(H,79,90)(H,80,91)(H,81,92)(H,82,88)/t48-,49-,56-,57-,58+,59?,60-,62+,63+,64+/m0/s1. The normalized spacial score (nSPS) is 18.3. The molecule has 21 heteroatoms. The number of rotatable bonds is 21. The molecule has 2 saturated heterocycles. The highest BCUT2D eigenvalue weighted by Crippen LogP contribution is 2.36. The van der Waals surface area contributed by atoms with Crippen molar-refractivity contribution in [2.24, 2.45) is 16.7 Å². The highest BCUT2D eigenvalue weighted by atomic mass is 16.6. The van der Waals surface area contributed by atoms with E-state index in [4.69, 9.17) is 9.47 Å². The van der Waals surface area contributed by atoms with Crippen LogP contribution >= 0.6 is 0 Å². The van der Waals surface area contributed by atoms with Crippen molar-refractivity contribution >= 4 is 59.3 Å². The number of Topliss-reactive ketones (excluding diaryl/α,β-unsaturated/α-hetero) is 1. The van der Waals surface area contributed by atoms with E-state index in [1.807, 2.05) is 144 Å². The summed E-state index contributed by atoms with van der Waals surface area (Å²) in [5.41, 5.74) is 2.13. The summed E-state index contributed by atoms with van der Waals surface area (Å²) in [6.07, 6.45) is -1.71. The summed E-state index contributed by atoms with van der Waals surface area (Å²) in [6, 6.07) is 31.9. The Hall–Kier alpha value is -9.40. The molecule has 526 valence electrons. The van der Waals surface area contributed by atoms with Crippen LogP contribution in [0.5, 0.6) is 0 Å². The number of ketones is 1. The van der Waals surface area contributed by atoms with E-state index in [2.05, 4.69) is 26.6 Å². The number of hydrogen-bond donors (Lipinski definition) is 5. The molecule has 10 atom stereocenters. The fraction of sp³-hybridized carbons (Fsp3) is 0.481. The first-order chi connectivity index (χ1) is 45.7. The molecule has 98 heavy (non-hydrogen) atoms. The van der Waals surface area contributed by atoms with Crippen molar-refractivity contribution in [1.29, 1.82) is 0 Å². The van der Waals surface area contributed by atoms with Gasteiger partial charge in [0.15, 0.2) is 5.78 Å². The van der Waals surface area contributed by atoms with Crippen molar-refractivity contribution in [2.75, 3.05) is 27.2 Å². The number of aryl methyl sites for hydroxylation is 2. The Morgan fingerprint density at radius 1 is 0.469 bits per heavy atom. The second-order valence-corrected chi connectivity index (χ2v) is 30.4. The van der Waals surface area contributed by atoms with Crippen molar-refractivity contribution in [3.8, 4) is 0 Å². The second-order valence-electron chi connectivity index (χ2n) is 30.4. The number of ether oxygens (including phenoxy) is 2. The maximum atomic E-state index is 15.3. The van der Waals surface area contributed by atoms with E-state index in [0.29, 0.717) is 0 Å². The zero-order valence-electron chi connectivity index (χ0n) is 60.2. The summed E-state index contributed by atoms with van der Waals surface area (Å²) in [6.45, 7) is 27.9. The number of carbonyl (C=O) groups excluding carboxylic acids is 10. The molecule has 5 N–H and O–H groups in total. The zero-order chi connectivity index (χ0) is 72.5. The van der Waals surface area contributed by atoms with Crippen LogP contribution in [0, 0.1) is 30.6 Å². The molecule has 0 bridgehead atoms. The van der Waals surface area contributed by atoms with Crippen molar-refractivity contribution in [2.45, 2.75) is 196 Å². The van der Waals surface area contributed by atoms with E-state index < -0.39 is 136 Å². The predicted molar refractivity (Wildman–Crippen MR) is 375 cm³/mol. The summed E-state index contributed by atoms with van der Waals surface area (Å²) in [5, 5.41) is 15.4. The molecular formula is C77H101N9O12. The molecule has 0 radical (unpaired) electrons.